The molecule has 0 saturated carbocycles. The molecule has 1 aromatic carbocycles. The molecule has 20 heavy (non-hydrogen) atoms. The molecule has 1 aliphatic rings. The Kier molecular flexibility index (Phi) is 5.01. The Morgan fingerprint density at radius 2 is 1.90 bits per heavy atom. The third kappa shape index (κ3) is 3.71. The van der Waals surface area contributed by atoms with Gasteiger partial charge >= 0.3 is 0 Å². The van der Waals surface area contributed by atoms with E-state index in [4.69, 9.17) is 5.73 Å². The van der Waals surface area contributed by atoms with Crippen molar-refractivity contribution in [1.29, 1.82) is 0 Å². The maximum absolute atomic E-state index is 12.1. The first-order valence-electron chi connectivity index (χ1n) is 7.02. The molecular formula is C14H23N3O2S. The van der Waals surface area contributed by atoms with Crippen LogP contribution in [0.1, 0.15) is 12.0 Å². The van der Waals surface area contributed by atoms with Crippen molar-refractivity contribution in [3.63, 3.8) is 0 Å². The van der Waals surface area contributed by atoms with Crippen molar-refractivity contribution in [3.05, 3.63) is 29.8 Å². The van der Waals surface area contributed by atoms with E-state index in [1.54, 1.807) is 4.31 Å². The van der Waals surface area contributed by atoms with Crippen LogP contribution in [0.4, 0.5) is 5.69 Å². The summed E-state index contributed by atoms with van der Waals surface area (Å²) in [5.74, 6) is 0.161. The first-order valence-corrected chi connectivity index (χ1v) is 8.63. The molecule has 0 aromatic heterocycles. The van der Waals surface area contributed by atoms with E-state index in [1.807, 2.05) is 6.07 Å². The summed E-state index contributed by atoms with van der Waals surface area (Å²) in [6, 6.07) is 8.32. The number of rotatable bonds is 5. The Balaban J connectivity index is 1.95. The van der Waals surface area contributed by atoms with E-state index in [9.17, 15) is 8.42 Å². The third-order valence-corrected chi connectivity index (χ3v) is 5.56. The molecule has 1 heterocycles. The van der Waals surface area contributed by atoms with Crippen LogP contribution in [0.5, 0.6) is 0 Å². The lowest BCUT2D eigenvalue weighted by atomic mass is 10.2. The number of piperazine rings is 1. The van der Waals surface area contributed by atoms with Gasteiger partial charge in [0.2, 0.25) is 10.0 Å². The third-order valence-electron chi connectivity index (χ3n) is 3.61. The average molecular weight is 297 g/mol. The lowest BCUT2D eigenvalue weighted by molar-refractivity contribution is 0.384. The molecule has 2 rings (SSSR count). The maximum atomic E-state index is 12.1. The summed E-state index contributed by atoms with van der Waals surface area (Å²) in [6.45, 7) is 5.08. The molecule has 0 unspecified atom stereocenters. The predicted octanol–water partition coefficient (Wildman–Crippen LogP) is 0.796. The average Bonchev–Trinajstić information content (AvgIpc) is 2.45. The Bertz CT molecular complexity index is 537. The maximum Gasteiger partial charge on any atom is 0.214 e. The summed E-state index contributed by atoms with van der Waals surface area (Å²) < 4.78 is 25.8. The van der Waals surface area contributed by atoms with Crippen molar-refractivity contribution >= 4 is 15.7 Å². The van der Waals surface area contributed by atoms with Crippen molar-refractivity contribution in [2.75, 3.05) is 43.4 Å². The van der Waals surface area contributed by atoms with Gasteiger partial charge in [0.1, 0.15) is 0 Å². The molecule has 112 valence electrons. The van der Waals surface area contributed by atoms with Gasteiger partial charge in [0.05, 0.1) is 5.75 Å². The van der Waals surface area contributed by atoms with Crippen molar-refractivity contribution in [1.82, 2.24) is 4.31 Å². The van der Waals surface area contributed by atoms with Crippen molar-refractivity contribution in [3.8, 4) is 0 Å². The monoisotopic (exact) mass is 297 g/mol. The van der Waals surface area contributed by atoms with Gasteiger partial charge in [-0.2, -0.15) is 4.31 Å². The molecule has 1 aliphatic heterocycles. The molecule has 5 nitrogen and oxygen atoms in total. The van der Waals surface area contributed by atoms with Crippen molar-refractivity contribution in [2.45, 2.75) is 13.3 Å². The van der Waals surface area contributed by atoms with Gasteiger partial charge in [-0.15, -0.1) is 0 Å². The molecule has 0 atom stereocenters. The Hall–Kier alpha value is -1.11. The lowest BCUT2D eigenvalue weighted by Gasteiger charge is -2.35. The molecule has 2 N–H and O–H groups in total. The zero-order valence-electron chi connectivity index (χ0n) is 12.0. The Labute approximate surface area is 121 Å². The smallest absolute Gasteiger partial charge is 0.214 e. The highest BCUT2D eigenvalue weighted by Crippen LogP contribution is 2.19. The quantitative estimate of drug-likeness (QED) is 0.873. The van der Waals surface area contributed by atoms with Crippen LogP contribution in [0.3, 0.4) is 0 Å². The van der Waals surface area contributed by atoms with E-state index in [0.29, 0.717) is 26.1 Å². The van der Waals surface area contributed by atoms with E-state index in [1.165, 1.54) is 11.3 Å². The van der Waals surface area contributed by atoms with Crippen molar-refractivity contribution < 1.29 is 8.42 Å². The SMILES string of the molecule is Cc1cccc(N2CCN(S(=O)(=O)CCCN)CC2)c1. The zero-order valence-corrected chi connectivity index (χ0v) is 12.8. The summed E-state index contributed by atoms with van der Waals surface area (Å²) in [6.07, 6.45) is 0.528. The number of nitrogens with two attached hydrogens (primary N) is 1. The summed E-state index contributed by atoms with van der Waals surface area (Å²) in [5.41, 5.74) is 7.78. The summed E-state index contributed by atoms with van der Waals surface area (Å²) in [7, 11) is -3.13. The number of sulfonamides is 1. The topological polar surface area (TPSA) is 66.6 Å². The van der Waals surface area contributed by atoms with Crippen LogP contribution in [0, 0.1) is 6.92 Å². The molecule has 0 amide bonds. The van der Waals surface area contributed by atoms with Crippen LogP contribution in [-0.4, -0.2) is 51.2 Å². The normalized spacial score (nSPS) is 17.4. The minimum absolute atomic E-state index is 0.161. The second kappa shape index (κ2) is 6.56. The molecule has 0 spiro atoms. The van der Waals surface area contributed by atoms with Crippen molar-refractivity contribution in [2.24, 2.45) is 5.73 Å². The number of nitrogens with zero attached hydrogens (tertiary/aromatic N) is 2. The summed E-state index contributed by atoms with van der Waals surface area (Å²) >= 11 is 0. The van der Waals surface area contributed by atoms with Crippen LogP contribution < -0.4 is 10.6 Å². The fourth-order valence-corrected chi connectivity index (χ4v) is 3.95. The van der Waals surface area contributed by atoms with E-state index < -0.39 is 10.0 Å². The highest BCUT2D eigenvalue weighted by molar-refractivity contribution is 7.89. The van der Waals surface area contributed by atoms with Crippen LogP contribution in [0.2, 0.25) is 0 Å². The van der Waals surface area contributed by atoms with Gasteiger partial charge < -0.3 is 10.6 Å². The van der Waals surface area contributed by atoms with Crippen LogP contribution in [0.15, 0.2) is 24.3 Å². The van der Waals surface area contributed by atoms with Gasteiger partial charge in [0.25, 0.3) is 0 Å². The van der Waals surface area contributed by atoms with Gasteiger partial charge in [0.15, 0.2) is 0 Å². The molecule has 1 fully saturated rings. The van der Waals surface area contributed by atoms with Crippen LogP contribution >= 0.6 is 0 Å². The minimum Gasteiger partial charge on any atom is -0.369 e. The Morgan fingerprint density at radius 1 is 1.20 bits per heavy atom. The standard InChI is InChI=1S/C14H23N3O2S/c1-13-4-2-5-14(12-13)16-7-9-17(10-8-16)20(18,19)11-3-6-15/h2,4-5,12H,3,6-11,15H2,1H3. The second-order valence-corrected chi connectivity index (χ2v) is 7.27. The van der Waals surface area contributed by atoms with Gasteiger partial charge in [0, 0.05) is 31.9 Å². The number of aryl methyl sites for hydroxylation is 1. The van der Waals surface area contributed by atoms with Crippen LogP contribution in [-0.2, 0) is 10.0 Å². The van der Waals surface area contributed by atoms with Crippen LogP contribution in [0.25, 0.3) is 0 Å². The van der Waals surface area contributed by atoms with Gasteiger partial charge in [-0.1, -0.05) is 12.1 Å². The molecular weight excluding hydrogens is 274 g/mol. The van der Waals surface area contributed by atoms with E-state index in [0.717, 1.165) is 13.1 Å². The minimum atomic E-state index is -3.13. The number of hydrogen-bond donors (Lipinski definition) is 1. The van der Waals surface area contributed by atoms with Gasteiger partial charge in [-0.3, -0.25) is 0 Å². The lowest BCUT2D eigenvalue weighted by Crippen LogP contribution is -2.49. The number of anilines is 1. The van der Waals surface area contributed by atoms with E-state index in [-0.39, 0.29) is 5.75 Å². The molecule has 0 radical (unpaired) electrons. The molecule has 6 heteroatoms. The van der Waals surface area contributed by atoms with E-state index in [2.05, 4.69) is 30.0 Å². The highest BCUT2D eigenvalue weighted by Gasteiger charge is 2.26. The zero-order chi connectivity index (χ0) is 14.6. The van der Waals surface area contributed by atoms with Gasteiger partial charge in [-0.05, 0) is 37.6 Å². The fourth-order valence-electron chi connectivity index (χ4n) is 2.44. The second-order valence-electron chi connectivity index (χ2n) is 5.18. The predicted molar refractivity (Wildman–Crippen MR) is 82.4 cm³/mol. The molecule has 1 aromatic rings. The largest absolute Gasteiger partial charge is 0.369 e. The van der Waals surface area contributed by atoms with Gasteiger partial charge in [-0.25, -0.2) is 8.42 Å². The first-order chi connectivity index (χ1) is 9.53. The molecule has 0 aliphatic carbocycles. The molecule has 1 saturated heterocycles. The fraction of sp³-hybridized carbons (Fsp3) is 0.571. The first kappa shape index (κ1) is 15.3. The summed E-state index contributed by atoms with van der Waals surface area (Å²) in [4.78, 5) is 2.24. The molecule has 0 bridgehead atoms. The Morgan fingerprint density at radius 3 is 2.50 bits per heavy atom. The highest BCUT2D eigenvalue weighted by atomic mass is 32.2. The summed E-state index contributed by atoms with van der Waals surface area (Å²) in [5, 5.41) is 0. The number of hydrogen-bond acceptors (Lipinski definition) is 4. The number of benzene rings is 1. The van der Waals surface area contributed by atoms with E-state index >= 15 is 0 Å².